The zero-order valence-electron chi connectivity index (χ0n) is 10.2. The molecule has 1 rings (SSSR count). The molecule has 0 heterocycles. The van der Waals surface area contributed by atoms with E-state index in [1.807, 2.05) is 31.2 Å². The Morgan fingerprint density at radius 1 is 1.41 bits per heavy atom. The molecule has 1 unspecified atom stereocenters. The van der Waals surface area contributed by atoms with Crippen LogP contribution in [0.4, 0.5) is 0 Å². The molecule has 0 saturated carbocycles. The number of carbonyl (C=O) groups excluding carboxylic acids is 1. The number of rotatable bonds is 7. The molecule has 2 nitrogen and oxygen atoms in total. The van der Waals surface area contributed by atoms with Crippen LogP contribution in [0.3, 0.4) is 0 Å². The molecule has 3 heteroatoms. The molecular formula is C14H19ClO2. The van der Waals surface area contributed by atoms with E-state index < -0.39 is 0 Å². The second-order valence-electron chi connectivity index (χ2n) is 4.36. The van der Waals surface area contributed by atoms with E-state index in [0.717, 1.165) is 17.5 Å². The molecule has 1 aromatic rings. The van der Waals surface area contributed by atoms with Gasteiger partial charge in [-0.15, -0.1) is 11.6 Å². The standard InChI is InChI=1S/C14H19ClO2/c1-11(10-16)9-12-5-2-3-6-13(12)14(17)7-4-8-15/h2-3,5-6,11,16H,4,7-10H2,1H3. The predicted octanol–water partition coefficient (Wildman–Crippen LogP) is 3.06. The topological polar surface area (TPSA) is 37.3 Å². The van der Waals surface area contributed by atoms with Gasteiger partial charge in [-0.2, -0.15) is 0 Å². The highest BCUT2D eigenvalue weighted by Gasteiger charge is 2.12. The number of carbonyl (C=O) groups is 1. The first-order chi connectivity index (χ1) is 8.19. The Morgan fingerprint density at radius 2 is 2.12 bits per heavy atom. The molecule has 0 radical (unpaired) electrons. The Morgan fingerprint density at radius 3 is 2.76 bits per heavy atom. The molecule has 0 saturated heterocycles. The summed E-state index contributed by atoms with van der Waals surface area (Å²) in [6, 6.07) is 7.62. The third kappa shape index (κ3) is 4.49. The zero-order valence-corrected chi connectivity index (χ0v) is 10.9. The van der Waals surface area contributed by atoms with Crippen LogP contribution < -0.4 is 0 Å². The molecule has 1 N–H and O–H groups in total. The van der Waals surface area contributed by atoms with E-state index in [2.05, 4.69) is 0 Å². The van der Waals surface area contributed by atoms with E-state index in [0.29, 0.717) is 18.7 Å². The van der Waals surface area contributed by atoms with Crippen LogP contribution in [0.2, 0.25) is 0 Å². The molecule has 0 spiro atoms. The van der Waals surface area contributed by atoms with E-state index in [1.54, 1.807) is 0 Å². The number of hydrogen-bond acceptors (Lipinski definition) is 2. The van der Waals surface area contributed by atoms with Gasteiger partial charge in [0.05, 0.1) is 0 Å². The summed E-state index contributed by atoms with van der Waals surface area (Å²) < 4.78 is 0. The van der Waals surface area contributed by atoms with Crippen molar-refractivity contribution in [3.63, 3.8) is 0 Å². The highest BCUT2D eigenvalue weighted by atomic mass is 35.5. The summed E-state index contributed by atoms with van der Waals surface area (Å²) in [7, 11) is 0. The minimum atomic E-state index is 0.143. The summed E-state index contributed by atoms with van der Waals surface area (Å²) in [5, 5.41) is 9.06. The van der Waals surface area contributed by atoms with Gasteiger partial charge in [-0.3, -0.25) is 4.79 Å². The molecule has 1 atom stereocenters. The molecule has 0 aromatic heterocycles. The Hall–Kier alpha value is -0.860. The maximum absolute atomic E-state index is 12.0. The Kier molecular flexibility index (Phi) is 6.23. The summed E-state index contributed by atoms with van der Waals surface area (Å²) in [4.78, 5) is 12.0. The minimum Gasteiger partial charge on any atom is -0.396 e. The third-order valence-electron chi connectivity index (χ3n) is 2.74. The first-order valence-corrected chi connectivity index (χ1v) is 6.50. The summed E-state index contributed by atoms with van der Waals surface area (Å²) in [6.07, 6.45) is 1.94. The van der Waals surface area contributed by atoms with Gasteiger partial charge in [0.15, 0.2) is 5.78 Å². The number of Topliss-reactive ketones (excluding diaryl/α,β-unsaturated/α-hetero) is 1. The monoisotopic (exact) mass is 254 g/mol. The van der Waals surface area contributed by atoms with E-state index in [-0.39, 0.29) is 18.3 Å². The molecule has 0 aliphatic carbocycles. The third-order valence-corrected chi connectivity index (χ3v) is 3.00. The van der Waals surface area contributed by atoms with Gasteiger partial charge in [-0.25, -0.2) is 0 Å². The second-order valence-corrected chi connectivity index (χ2v) is 4.74. The fourth-order valence-electron chi connectivity index (χ4n) is 1.77. The van der Waals surface area contributed by atoms with Crippen LogP contribution in [0, 0.1) is 5.92 Å². The van der Waals surface area contributed by atoms with Gasteiger partial charge < -0.3 is 5.11 Å². The fraction of sp³-hybridized carbons (Fsp3) is 0.500. The largest absolute Gasteiger partial charge is 0.396 e. The summed E-state index contributed by atoms with van der Waals surface area (Å²) >= 11 is 5.59. The van der Waals surface area contributed by atoms with Crippen LogP contribution in [0.1, 0.15) is 35.7 Å². The van der Waals surface area contributed by atoms with Crippen LogP contribution in [0.15, 0.2) is 24.3 Å². The summed E-state index contributed by atoms with van der Waals surface area (Å²) in [5.41, 5.74) is 1.80. The highest BCUT2D eigenvalue weighted by molar-refractivity contribution is 6.18. The lowest BCUT2D eigenvalue weighted by Gasteiger charge is -2.11. The van der Waals surface area contributed by atoms with Crippen LogP contribution in [0.25, 0.3) is 0 Å². The van der Waals surface area contributed by atoms with Crippen molar-refractivity contribution in [1.29, 1.82) is 0 Å². The molecule has 0 aliphatic rings. The highest BCUT2D eigenvalue weighted by Crippen LogP contribution is 2.16. The van der Waals surface area contributed by atoms with E-state index >= 15 is 0 Å². The molecule has 0 bridgehead atoms. The molecule has 1 aromatic carbocycles. The van der Waals surface area contributed by atoms with Gasteiger partial charge in [0.25, 0.3) is 0 Å². The lowest BCUT2D eigenvalue weighted by atomic mass is 9.94. The Labute approximate surface area is 108 Å². The van der Waals surface area contributed by atoms with E-state index in [9.17, 15) is 4.79 Å². The molecule has 0 amide bonds. The van der Waals surface area contributed by atoms with E-state index in [1.165, 1.54) is 0 Å². The van der Waals surface area contributed by atoms with Crippen molar-refractivity contribution < 1.29 is 9.90 Å². The SMILES string of the molecule is CC(CO)Cc1ccccc1C(=O)CCCCl. The van der Waals surface area contributed by atoms with Crippen molar-refractivity contribution >= 4 is 17.4 Å². The van der Waals surface area contributed by atoms with Gasteiger partial charge in [0.1, 0.15) is 0 Å². The van der Waals surface area contributed by atoms with Crippen LogP contribution >= 0.6 is 11.6 Å². The fourth-order valence-corrected chi connectivity index (χ4v) is 1.91. The van der Waals surface area contributed by atoms with Gasteiger partial charge in [0, 0.05) is 24.5 Å². The molecule has 94 valence electrons. The number of alkyl halides is 1. The smallest absolute Gasteiger partial charge is 0.163 e. The molecule has 17 heavy (non-hydrogen) atoms. The number of ketones is 1. The molecule has 0 fully saturated rings. The van der Waals surface area contributed by atoms with Crippen molar-refractivity contribution in [1.82, 2.24) is 0 Å². The maximum atomic E-state index is 12.0. The number of hydrogen-bond donors (Lipinski definition) is 1. The predicted molar refractivity (Wildman–Crippen MR) is 70.7 cm³/mol. The summed E-state index contributed by atoms with van der Waals surface area (Å²) in [5.74, 6) is 0.837. The lowest BCUT2D eigenvalue weighted by molar-refractivity contribution is 0.0980. The average Bonchev–Trinajstić information content (AvgIpc) is 2.36. The van der Waals surface area contributed by atoms with Crippen LogP contribution in [-0.4, -0.2) is 23.4 Å². The van der Waals surface area contributed by atoms with Crippen LogP contribution in [-0.2, 0) is 6.42 Å². The number of aliphatic hydroxyl groups excluding tert-OH is 1. The lowest BCUT2D eigenvalue weighted by Crippen LogP contribution is -2.10. The van der Waals surface area contributed by atoms with Crippen LogP contribution in [0.5, 0.6) is 0 Å². The van der Waals surface area contributed by atoms with Gasteiger partial charge >= 0.3 is 0 Å². The first-order valence-electron chi connectivity index (χ1n) is 5.97. The quantitative estimate of drug-likeness (QED) is 0.600. The van der Waals surface area contributed by atoms with Gasteiger partial charge in [-0.05, 0) is 24.3 Å². The normalized spacial score (nSPS) is 12.4. The molecule has 0 aliphatic heterocycles. The maximum Gasteiger partial charge on any atom is 0.163 e. The van der Waals surface area contributed by atoms with Crippen molar-refractivity contribution in [2.45, 2.75) is 26.2 Å². The van der Waals surface area contributed by atoms with Crippen molar-refractivity contribution in [3.05, 3.63) is 35.4 Å². The Balaban J connectivity index is 2.80. The number of halogens is 1. The van der Waals surface area contributed by atoms with Crippen molar-refractivity contribution in [2.24, 2.45) is 5.92 Å². The van der Waals surface area contributed by atoms with Crippen molar-refractivity contribution in [3.8, 4) is 0 Å². The van der Waals surface area contributed by atoms with Crippen molar-refractivity contribution in [2.75, 3.05) is 12.5 Å². The molecular weight excluding hydrogens is 236 g/mol. The Bertz CT molecular complexity index is 363. The summed E-state index contributed by atoms with van der Waals surface area (Å²) in [6.45, 7) is 2.12. The second kappa shape index (κ2) is 7.46. The van der Waals surface area contributed by atoms with Gasteiger partial charge in [-0.1, -0.05) is 31.2 Å². The van der Waals surface area contributed by atoms with Gasteiger partial charge in [0.2, 0.25) is 0 Å². The van der Waals surface area contributed by atoms with E-state index in [4.69, 9.17) is 16.7 Å². The average molecular weight is 255 g/mol. The first kappa shape index (κ1) is 14.2. The number of aliphatic hydroxyl groups is 1. The number of benzene rings is 1. The zero-order chi connectivity index (χ0) is 12.7. The minimum absolute atomic E-state index is 0.143.